The van der Waals surface area contributed by atoms with E-state index in [1.165, 1.54) is 6.07 Å². The summed E-state index contributed by atoms with van der Waals surface area (Å²) in [4.78, 5) is 0. The van der Waals surface area contributed by atoms with Gasteiger partial charge in [-0.15, -0.1) is 0 Å². The number of hydrogen-bond donors (Lipinski definition) is 1. The van der Waals surface area contributed by atoms with E-state index < -0.39 is 0 Å². The quantitative estimate of drug-likeness (QED) is 0.739. The Labute approximate surface area is 133 Å². The van der Waals surface area contributed by atoms with Gasteiger partial charge < -0.3 is 5.73 Å². The highest BCUT2D eigenvalue weighted by Crippen LogP contribution is 2.29. The summed E-state index contributed by atoms with van der Waals surface area (Å²) < 4.78 is 14.8. The molecule has 0 spiro atoms. The summed E-state index contributed by atoms with van der Waals surface area (Å²) in [7, 11) is 0. The fraction of sp³-hybridized carbons (Fsp3) is 0.143. The van der Waals surface area contributed by atoms with E-state index in [-0.39, 0.29) is 11.9 Å². The summed E-state index contributed by atoms with van der Waals surface area (Å²) in [6.07, 6.45) is 0.514. The first-order chi connectivity index (χ1) is 8.99. The molecule has 0 aliphatic carbocycles. The molecule has 0 aliphatic heterocycles. The lowest BCUT2D eigenvalue weighted by atomic mass is 9.99. The topological polar surface area (TPSA) is 26.0 Å². The van der Waals surface area contributed by atoms with Gasteiger partial charge in [-0.25, -0.2) is 4.39 Å². The number of hydrogen-bond acceptors (Lipinski definition) is 1. The first kappa shape index (κ1) is 15.0. The Morgan fingerprint density at radius 2 is 1.95 bits per heavy atom. The monoisotopic (exact) mass is 405 g/mol. The molecule has 5 heteroatoms. The zero-order valence-electron chi connectivity index (χ0n) is 9.84. The molecule has 0 saturated heterocycles. The number of rotatable bonds is 3. The Bertz CT molecular complexity index is 604. The van der Waals surface area contributed by atoms with E-state index in [2.05, 4.69) is 31.9 Å². The minimum atomic E-state index is -0.286. The van der Waals surface area contributed by atoms with Gasteiger partial charge in [0.2, 0.25) is 0 Å². The van der Waals surface area contributed by atoms with Crippen molar-refractivity contribution in [3.05, 3.63) is 67.3 Å². The maximum absolute atomic E-state index is 13.4. The zero-order chi connectivity index (χ0) is 14.0. The maximum atomic E-state index is 13.4. The molecule has 0 fully saturated rings. The molecule has 0 radical (unpaired) electrons. The smallest absolute Gasteiger partial charge is 0.137 e. The van der Waals surface area contributed by atoms with Crippen LogP contribution in [0.2, 0.25) is 5.02 Å². The van der Waals surface area contributed by atoms with Crippen molar-refractivity contribution in [2.45, 2.75) is 12.5 Å². The predicted molar refractivity (Wildman–Crippen MR) is 83.9 cm³/mol. The van der Waals surface area contributed by atoms with Crippen LogP contribution in [0.1, 0.15) is 17.2 Å². The fourth-order valence-corrected chi connectivity index (χ4v) is 3.09. The van der Waals surface area contributed by atoms with Crippen LogP contribution in [0.3, 0.4) is 0 Å². The summed E-state index contributed by atoms with van der Waals surface area (Å²) >= 11 is 12.8. The highest BCUT2D eigenvalue weighted by Gasteiger charge is 2.14. The van der Waals surface area contributed by atoms with Crippen LogP contribution in [0.4, 0.5) is 4.39 Å². The summed E-state index contributed by atoms with van der Waals surface area (Å²) in [5.74, 6) is -0.286. The lowest BCUT2D eigenvalue weighted by molar-refractivity contribution is 0.614. The molecule has 0 aliphatic rings. The molecule has 1 unspecified atom stereocenters. The van der Waals surface area contributed by atoms with Crippen molar-refractivity contribution >= 4 is 43.5 Å². The van der Waals surface area contributed by atoms with Crippen molar-refractivity contribution in [3.8, 4) is 0 Å². The molecule has 0 saturated carbocycles. The van der Waals surface area contributed by atoms with Crippen LogP contribution in [0.25, 0.3) is 0 Å². The highest BCUT2D eigenvalue weighted by atomic mass is 79.9. The molecule has 0 aromatic heterocycles. The number of benzene rings is 2. The van der Waals surface area contributed by atoms with E-state index in [4.69, 9.17) is 17.3 Å². The molecular weight excluding hydrogens is 396 g/mol. The molecule has 0 heterocycles. The Morgan fingerprint density at radius 1 is 1.21 bits per heavy atom. The molecule has 2 N–H and O–H groups in total. The van der Waals surface area contributed by atoms with Gasteiger partial charge in [0.15, 0.2) is 0 Å². The Balaban J connectivity index is 2.25. The largest absolute Gasteiger partial charge is 0.324 e. The number of nitrogens with two attached hydrogens (primary N) is 1. The minimum Gasteiger partial charge on any atom is -0.324 e. The lowest BCUT2D eigenvalue weighted by Crippen LogP contribution is -2.14. The molecule has 2 rings (SSSR count). The minimum absolute atomic E-state index is 0.279. The van der Waals surface area contributed by atoms with E-state index >= 15 is 0 Å². The van der Waals surface area contributed by atoms with Crippen molar-refractivity contribution < 1.29 is 4.39 Å². The third-order valence-electron chi connectivity index (χ3n) is 2.83. The summed E-state index contributed by atoms with van der Waals surface area (Å²) in [6, 6.07) is 10.2. The predicted octanol–water partition coefficient (Wildman–Crippen LogP) is 5.25. The second kappa shape index (κ2) is 6.35. The Morgan fingerprint density at radius 3 is 2.63 bits per heavy atom. The maximum Gasteiger partial charge on any atom is 0.137 e. The molecule has 0 bridgehead atoms. The van der Waals surface area contributed by atoms with Crippen molar-refractivity contribution in [1.29, 1.82) is 0 Å². The molecule has 100 valence electrons. The first-order valence-electron chi connectivity index (χ1n) is 5.62. The van der Waals surface area contributed by atoms with Crippen LogP contribution >= 0.6 is 43.5 Å². The van der Waals surface area contributed by atoms with Gasteiger partial charge in [0, 0.05) is 15.5 Å². The Kier molecular flexibility index (Phi) is 5.01. The van der Waals surface area contributed by atoms with Crippen LogP contribution in [-0.4, -0.2) is 0 Å². The van der Waals surface area contributed by atoms with Gasteiger partial charge in [-0.3, -0.25) is 0 Å². The highest BCUT2D eigenvalue weighted by molar-refractivity contribution is 9.10. The molecule has 2 aromatic carbocycles. The third kappa shape index (κ3) is 3.57. The van der Waals surface area contributed by atoms with Gasteiger partial charge in [0.25, 0.3) is 0 Å². The van der Waals surface area contributed by atoms with E-state index in [9.17, 15) is 4.39 Å². The van der Waals surface area contributed by atoms with E-state index in [0.29, 0.717) is 15.9 Å². The van der Waals surface area contributed by atoms with Crippen LogP contribution in [0, 0.1) is 5.82 Å². The molecule has 19 heavy (non-hydrogen) atoms. The van der Waals surface area contributed by atoms with Crippen LogP contribution in [0.15, 0.2) is 45.3 Å². The Hall–Kier alpha value is -0.420. The van der Waals surface area contributed by atoms with E-state index in [1.54, 1.807) is 12.1 Å². The van der Waals surface area contributed by atoms with Crippen LogP contribution in [0.5, 0.6) is 0 Å². The molecule has 1 atom stereocenters. The second-order valence-corrected chi connectivity index (χ2v) is 6.31. The molecule has 1 nitrogen and oxygen atoms in total. The zero-order valence-corrected chi connectivity index (χ0v) is 13.8. The molecule has 2 aromatic rings. The average Bonchev–Trinajstić information content (AvgIpc) is 2.34. The average molecular weight is 408 g/mol. The van der Waals surface area contributed by atoms with Crippen LogP contribution in [-0.2, 0) is 6.42 Å². The normalized spacial score (nSPS) is 12.5. The summed E-state index contributed by atoms with van der Waals surface area (Å²) in [6.45, 7) is 0. The van der Waals surface area contributed by atoms with Crippen LogP contribution < -0.4 is 5.73 Å². The lowest BCUT2D eigenvalue weighted by Gasteiger charge is -2.15. The van der Waals surface area contributed by atoms with Crippen molar-refractivity contribution in [3.63, 3.8) is 0 Å². The van der Waals surface area contributed by atoms with Crippen molar-refractivity contribution in [2.75, 3.05) is 0 Å². The standard InChI is InChI=1S/C14H11Br2ClFN/c15-9-4-5-10(11(17)7-9)13(19)6-8-2-1-3-12(18)14(8)16/h1-5,7,13H,6,19H2. The van der Waals surface area contributed by atoms with E-state index in [1.807, 2.05) is 18.2 Å². The first-order valence-corrected chi connectivity index (χ1v) is 7.59. The fourth-order valence-electron chi connectivity index (χ4n) is 1.86. The van der Waals surface area contributed by atoms with Gasteiger partial charge in [-0.1, -0.05) is 45.7 Å². The van der Waals surface area contributed by atoms with Gasteiger partial charge in [-0.05, 0) is 51.7 Å². The summed E-state index contributed by atoms with van der Waals surface area (Å²) in [5.41, 5.74) is 7.83. The van der Waals surface area contributed by atoms with Gasteiger partial charge >= 0.3 is 0 Å². The van der Waals surface area contributed by atoms with Gasteiger partial charge in [-0.2, -0.15) is 0 Å². The van der Waals surface area contributed by atoms with E-state index in [0.717, 1.165) is 15.6 Å². The second-order valence-electron chi connectivity index (χ2n) is 4.19. The summed E-state index contributed by atoms with van der Waals surface area (Å²) in [5, 5.41) is 0.606. The van der Waals surface area contributed by atoms with Gasteiger partial charge in [0.05, 0.1) is 4.47 Å². The van der Waals surface area contributed by atoms with Crippen molar-refractivity contribution in [2.24, 2.45) is 5.73 Å². The number of halogens is 4. The van der Waals surface area contributed by atoms with Gasteiger partial charge in [0.1, 0.15) is 5.82 Å². The van der Waals surface area contributed by atoms with Crippen molar-refractivity contribution in [1.82, 2.24) is 0 Å². The molecular formula is C14H11Br2ClFN. The third-order valence-corrected chi connectivity index (χ3v) is 4.54. The molecule has 0 amide bonds. The SMILES string of the molecule is NC(Cc1cccc(F)c1Br)c1ccc(Br)cc1Cl.